The normalized spacial score (nSPS) is 23.1. The summed E-state index contributed by atoms with van der Waals surface area (Å²) in [7, 11) is 0. The van der Waals surface area contributed by atoms with Gasteiger partial charge in [0.2, 0.25) is 0 Å². The quantitative estimate of drug-likeness (QED) is 0.693. The zero-order chi connectivity index (χ0) is 18.2. The molecule has 0 aromatic carbocycles. The van der Waals surface area contributed by atoms with Crippen LogP contribution < -0.4 is 5.32 Å². The molecule has 2 aliphatic heterocycles. The van der Waals surface area contributed by atoms with E-state index in [9.17, 15) is 0 Å². The van der Waals surface area contributed by atoms with Gasteiger partial charge in [-0.05, 0) is 75.6 Å². The van der Waals surface area contributed by atoms with Crippen LogP contribution in [0.4, 0.5) is 5.82 Å². The molecule has 0 spiro atoms. The van der Waals surface area contributed by atoms with E-state index in [-0.39, 0.29) is 0 Å². The summed E-state index contributed by atoms with van der Waals surface area (Å²) in [4.78, 5) is 2.71. The van der Waals surface area contributed by atoms with E-state index in [1.54, 1.807) is 0 Å². The maximum Gasteiger partial charge on any atom is 0.158 e. The largest absolute Gasteiger partial charge is 0.368 e. The topological polar surface area (TPSA) is 45.5 Å². The highest BCUT2D eigenvalue weighted by Crippen LogP contribution is 2.33. The highest BCUT2D eigenvalue weighted by atomic mass is 15.2. The van der Waals surface area contributed by atoms with Crippen molar-refractivity contribution in [3.8, 4) is 0 Å². The first-order chi connectivity index (χ1) is 13.3. The molecule has 5 heteroatoms. The Bertz CT molecular complexity index is 924. The second-order valence-electron chi connectivity index (χ2n) is 8.46. The standard InChI is InChI=1S/C22H29N5/c1-16-21-20(13-19-5-2-3-12-27(19)21)22(25-24-16)23-10-4-11-26-14-17-6-7-18(15-26)9-8-17/h2-3,5,12-13,17-18H,4,6-11,14-15H2,1H3,(H,23,25). The number of nitrogens with one attached hydrogen (secondary N) is 1. The van der Waals surface area contributed by atoms with E-state index >= 15 is 0 Å². The Labute approximate surface area is 160 Å². The minimum atomic E-state index is 0.912. The van der Waals surface area contributed by atoms with Gasteiger partial charge in [0, 0.05) is 36.7 Å². The van der Waals surface area contributed by atoms with Gasteiger partial charge in [0.15, 0.2) is 5.82 Å². The van der Waals surface area contributed by atoms with Gasteiger partial charge in [-0.3, -0.25) is 0 Å². The number of nitrogens with zero attached hydrogens (tertiary/aromatic N) is 4. The molecular weight excluding hydrogens is 334 g/mol. The van der Waals surface area contributed by atoms with E-state index in [4.69, 9.17) is 0 Å². The van der Waals surface area contributed by atoms with Crippen molar-refractivity contribution in [2.75, 3.05) is 31.5 Å². The monoisotopic (exact) mass is 363 g/mol. The van der Waals surface area contributed by atoms with Crippen molar-refractivity contribution in [3.05, 3.63) is 36.2 Å². The van der Waals surface area contributed by atoms with E-state index < -0.39 is 0 Å². The molecule has 5 heterocycles. The van der Waals surface area contributed by atoms with Gasteiger partial charge >= 0.3 is 0 Å². The van der Waals surface area contributed by atoms with Crippen LogP contribution in [0.1, 0.15) is 37.8 Å². The molecule has 6 rings (SSSR count). The predicted octanol–water partition coefficient (Wildman–Crippen LogP) is 4.11. The maximum atomic E-state index is 4.45. The number of hydrogen-bond acceptors (Lipinski definition) is 4. The molecule has 0 radical (unpaired) electrons. The number of rotatable bonds is 5. The molecular formula is C22H29N5. The number of aryl methyl sites for hydroxylation is 1. The SMILES string of the molecule is Cc1nnc(NCCCN2CC3CCC(CC3)C2)c2cc3ccccn3c12. The molecule has 0 unspecified atom stereocenters. The average molecular weight is 364 g/mol. The van der Waals surface area contributed by atoms with Crippen LogP contribution in [0.15, 0.2) is 30.5 Å². The van der Waals surface area contributed by atoms with Crippen LogP contribution >= 0.6 is 0 Å². The maximum absolute atomic E-state index is 4.45. The molecule has 3 aliphatic rings. The van der Waals surface area contributed by atoms with Gasteiger partial charge in [-0.1, -0.05) is 6.07 Å². The van der Waals surface area contributed by atoms with Crippen molar-refractivity contribution < 1.29 is 0 Å². The van der Waals surface area contributed by atoms with E-state index in [2.05, 4.69) is 55.3 Å². The van der Waals surface area contributed by atoms with Crippen molar-refractivity contribution in [3.63, 3.8) is 0 Å². The summed E-state index contributed by atoms with van der Waals surface area (Å²) in [6, 6.07) is 8.49. The van der Waals surface area contributed by atoms with E-state index in [0.717, 1.165) is 41.8 Å². The third-order valence-corrected chi connectivity index (χ3v) is 6.52. The third-order valence-electron chi connectivity index (χ3n) is 6.52. The van der Waals surface area contributed by atoms with Crippen LogP contribution in [0.3, 0.4) is 0 Å². The number of hydrogen-bond donors (Lipinski definition) is 1. The van der Waals surface area contributed by atoms with Gasteiger partial charge in [0.1, 0.15) is 0 Å². The molecule has 1 aliphatic carbocycles. The summed E-state index contributed by atoms with van der Waals surface area (Å²) in [6.45, 7) is 6.81. The molecule has 2 bridgehead atoms. The Balaban J connectivity index is 1.26. The number of pyridine rings is 1. The highest BCUT2D eigenvalue weighted by molar-refractivity contribution is 5.96. The fourth-order valence-corrected chi connectivity index (χ4v) is 5.12. The lowest BCUT2D eigenvalue weighted by molar-refractivity contribution is 0.252. The summed E-state index contributed by atoms with van der Waals surface area (Å²) in [5.41, 5.74) is 3.32. The zero-order valence-electron chi connectivity index (χ0n) is 16.2. The molecule has 3 fully saturated rings. The Morgan fingerprint density at radius 2 is 1.85 bits per heavy atom. The molecule has 3 aromatic rings. The van der Waals surface area contributed by atoms with Crippen molar-refractivity contribution in [2.24, 2.45) is 11.8 Å². The molecule has 5 nitrogen and oxygen atoms in total. The number of anilines is 1. The second-order valence-corrected chi connectivity index (χ2v) is 8.46. The summed E-state index contributed by atoms with van der Waals surface area (Å²) in [5, 5.41) is 13.6. The molecule has 2 saturated heterocycles. The van der Waals surface area contributed by atoms with Gasteiger partial charge in [-0.2, -0.15) is 5.10 Å². The van der Waals surface area contributed by atoms with E-state index in [1.807, 2.05) is 6.92 Å². The number of fused-ring (bicyclic) bond motifs is 7. The Morgan fingerprint density at radius 1 is 1.07 bits per heavy atom. The molecule has 3 aromatic heterocycles. The molecule has 0 atom stereocenters. The van der Waals surface area contributed by atoms with Crippen LogP contribution in [0.2, 0.25) is 0 Å². The molecule has 142 valence electrons. The first-order valence-corrected chi connectivity index (χ1v) is 10.5. The minimum Gasteiger partial charge on any atom is -0.368 e. The van der Waals surface area contributed by atoms with Gasteiger partial charge in [0.25, 0.3) is 0 Å². The Morgan fingerprint density at radius 3 is 2.63 bits per heavy atom. The number of aromatic nitrogens is 3. The third kappa shape index (κ3) is 3.29. The average Bonchev–Trinajstić information content (AvgIpc) is 2.84. The Hall–Kier alpha value is -2.14. The Kier molecular flexibility index (Phi) is 4.48. The fourth-order valence-electron chi connectivity index (χ4n) is 5.12. The van der Waals surface area contributed by atoms with Gasteiger partial charge in [-0.25, -0.2) is 0 Å². The van der Waals surface area contributed by atoms with Crippen molar-refractivity contribution in [2.45, 2.75) is 39.0 Å². The van der Waals surface area contributed by atoms with E-state index in [1.165, 1.54) is 56.2 Å². The molecule has 27 heavy (non-hydrogen) atoms. The van der Waals surface area contributed by atoms with Crippen LogP contribution in [0, 0.1) is 18.8 Å². The van der Waals surface area contributed by atoms with Crippen LogP contribution in [-0.4, -0.2) is 45.7 Å². The van der Waals surface area contributed by atoms with Gasteiger partial charge in [-0.15, -0.1) is 5.10 Å². The lowest BCUT2D eigenvalue weighted by Crippen LogP contribution is -2.30. The minimum absolute atomic E-state index is 0.912. The zero-order valence-corrected chi connectivity index (χ0v) is 16.2. The smallest absolute Gasteiger partial charge is 0.158 e. The highest BCUT2D eigenvalue weighted by Gasteiger charge is 2.28. The summed E-state index contributed by atoms with van der Waals surface area (Å²) in [5.74, 6) is 2.82. The van der Waals surface area contributed by atoms with Crippen LogP contribution in [0.25, 0.3) is 16.4 Å². The van der Waals surface area contributed by atoms with Gasteiger partial charge < -0.3 is 14.6 Å². The molecule has 1 saturated carbocycles. The molecule has 1 N–H and O–H groups in total. The van der Waals surface area contributed by atoms with Crippen molar-refractivity contribution in [1.29, 1.82) is 0 Å². The van der Waals surface area contributed by atoms with Crippen LogP contribution in [-0.2, 0) is 0 Å². The first-order valence-electron chi connectivity index (χ1n) is 10.5. The predicted molar refractivity (Wildman–Crippen MR) is 110 cm³/mol. The lowest BCUT2D eigenvalue weighted by atomic mass is 9.84. The lowest BCUT2D eigenvalue weighted by Gasteiger charge is -2.22. The summed E-state index contributed by atoms with van der Waals surface area (Å²) in [6.07, 6.45) is 9.09. The first kappa shape index (κ1) is 17.0. The van der Waals surface area contributed by atoms with Crippen molar-refractivity contribution in [1.82, 2.24) is 19.5 Å². The molecule has 0 amide bonds. The van der Waals surface area contributed by atoms with Gasteiger partial charge in [0.05, 0.1) is 11.2 Å². The fraction of sp³-hybridized carbons (Fsp3) is 0.545. The van der Waals surface area contributed by atoms with E-state index in [0.29, 0.717) is 0 Å². The van der Waals surface area contributed by atoms with Crippen LogP contribution in [0.5, 0.6) is 0 Å². The summed E-state index contributed by atoms with van der Waals surface area (Å²) < 4.78 is 2.21. The second kappa shape index (κ2) is 7.12. The van der Waals surface area contributed by atoms with Crippen molar-refractivity contribution >= 4 is 22.2 Å². The summed E-state index contributed by atoms with van der Waals surface area (Å²) >= 11 is 0.